The molecule has 2 bridgehead atoms. The molecule has 2 heterocycles. The third kappa shape index (κ3) is 2.86. The van der Waals surface area contributed by atoms with E-state index in [1.807, 2.05) is 4.90 Å². The fourth-order valence-electron chi connectivity index (χ4n) is 4.35. The molecule has 124 valence electrons. The smallest absolute Gasteiger partial charge is 0.228 e. The Morgan fingerprint density at radius 2 is 1.86 bits per heavy atom. The number of carbonyl (C=O) groups is 2. The fraction of sp³-hybridized carbons (Fsp3) is 0.875. The van der Waals surface area contributed by atoms with Gasteiger partial charge in [-0.1, -0.05) is 0 Å². The van der Waals surface area contributed by atoms with Crippen molar-refractivity contribution in [3.8, 4) is 0 Å². The zero-order chi connectivity index (χ0) is 15.7. The largest absolute Gasteiger partial charge is 0.383 e. The molecule has 2 aliphatic heterocycles. The number of hydrogen-bond acceptors (Lipinski definition) is 4. The van der Waals surface area contributed by atoms with Crippen molar-refractivity contribution in [2.24, 2.45) is 17.8 Å². The fourth-order valence-corrected chi connectivity index (χ4v) is 4.35. The lowest BCUT2D eigenvalue weighted by atomic mass is 9.93. The van der Waals surface area contributed by atoms with Gasteiger partial charge in [-0.15, -0.1) is 0 Å². The summed E-state index contributed by atoms with van der Waals surface area (Å²) in [4.78, 5) is 28.5. The van der Waals surface area contributed by atoms with E-state index in [2.05, 4.69) is 0 Å². The monoisotopic (exact) mass is 310 g/mol. The van der Waals surface area contributed by atoms with Crippen LogP contribution in [0.15, 0.2) is 0 Å². The molecule has 6 nitrogen and oxygen atoms in total. The van der Waals surface area contributed by atoms with Gasteiger partial charge in [0, 0.05) is 58.7 Å². The van der Waals surface area contributed by atoms with Gasteiger partial charge in [0.25, 0.3) is 0 Å². The molecule has 0 aromatic carbocycles. The Hall–Kier alpha value is -1.14. The summed E-state index contributed by atoms with van der Waals surface area (Å²) in [5, 5.41) is 0. The van der Waals surface area contributed by atoms with Crippen molar-refractivity contribution in [3.05, 3.63) is 0 Å². The summed E-state index contributed by atoms with van der Waals surface area (Å²) in [7, 11) is 3.40. The van der Waals surface area contributed by atoms with Crippen LogP contribution in [0.3, 0.4) is 0 Å². The van der Waals surface area contributed by atoms with Crippen molar-refractivity contribution in [3.63, 3.8) is 0 Å². The van der Waals surface area contributed by atoms with E-state index in [1.54, 1.807) is 19.1 Å². The molecule has 0 aromatic heterocycles. The number of nitrogens with zero attached hydrogens (tertiary/aromatic N) is 2. The number of likely N-dealkylation sites (tertiary alicyclic amines) is 2. The van der Waals surface area contributed by atoms with E-state index in [0.29, 0.717) is 44.1 Å². The Morgan fingerprint density at radius 3 is 2.45 bits per heavy atom. The molecule has 3 atom stereocenters. The molecule has 2 amide bonds. The lowest BCUT2D eigenvalue weighted by molar-refractivity contribution is -0.140. The second-order valence-electron chi connectivity index (χ2n) is 6.77. The first-order valence-electron chi connectivity index (χ1n) is 8.22. The lowest BCUT2D eigenvalue weighted by Crippen LogP contribution is -2.50. The number of fused-ring (bicyclic) bond motifs is 2. The second kappa shape index (κ2) is 6.54. The third-order valence-electron chi connectivity index (χ3n) is 5.46. The highest BCUT2D eigenvalue weighted by atomic mass is 16.5. The van der Waals surface area contributed by atoms with E-state index in [-0.39, 0.29) is 17.7 Å². The maximum Gasteiger partial charge on any atom is 0.228 e. The number of piperidine rings is 1. The minimum Gasteiger partial charge on any atom is -0.383 e. The minimum atomic E-state index is -0.178. The molecular weight excluding hydrogens is 284 g/mol. The van der Waals surface area contributed by atoms with E-state index < -0.39 is 0 Å². The molecule has 3 unspecified atom stereocenters. The van der Waals surface area contributed by atoms with Crippen LogP contribution in [0.5, 0.6) is 0 Å². The standard InChI is InChI=1S/C16H26N2O4/c1-21-6-5-17-10-13(7-14(17)19)16(20)18-8-11-3-4-12(9-18)15(11)22-2/h11-13,15H,3-10H2,1-2H3. The van der Waals surface area contributed by atoms with Crippen LogP contribution in [0.2, 0.25) is 0 Å². The van der Waals surface area contributed by atoms with Gasteiger partial charge in [0.1, 0.15) is 0 Å². The van der Waals surface area contributed by atoms with Crippen LogP contribution >= 0.6 is 0 Å². The molecule has 3 rings (SSSR count). The average molecular weight is 310 g/mol. The SMILES string of the molecule is COCCN1CC(C(=O)N2CC3CCC(C2)C3OC)CC1=O. The maximum absolute atomic E-state index is 12.8. The van der Waals surface area contributed by atoms with Crippen LogP contribution in [0, 0.1) is 17.8 Å². The number of hydrogen-bond donors (Lipinski definition) is 0. The Balaban J connectivity index is 1.58. The number of carbonyl (C=O) groups excluding carboxylic acids is 2. The predicted octanol–water partition coefficient (Wildman–Crippen LogP) is 0.365. The van der Waals surface area contributed by atoms with Crippen LogP contribution in [-0.4, -0.2) is 74.7 Å². The molecule has 0 radical (unpaired) electrons. The highest BCUT2D eigenvalue weighted by molar-refractivity contribution is 5.89. The summed E-state index contributed by atoms with van der Waals surface area (Å²) in [6.45, 7) is 3.22. The molecule has 1 saturated carbocycles. The Bertz CT molecular complexity index is 428. The van der Waals surface area contributed by atoms with E-state index in [1.165, 1.54) is 0 Å². The molecule has 6 heteroatoms. The summed E-state index contributed by atoms with van der Waals surface area (Å²) < 4.78 is 10.6. The predicted molar refractivity (Wildman–Crippen MR) is 80.2 cm³/mol. The van der Waals surface area contributed by atoms with E-state index in [9.17, 15) is 9.59 Å². The van der Waals surface area contributed by atoms with Crippen LogP contribution in [0.25, 0.3) is 0 Å². The van der Waals surface area contributed by atoms with Crippen molar-refractivity contribution in [1.29, 1.82) is 0 Å². The topological polar surface area (TPSA) is 59.1 Å². The molecule has 0 N–H and O–H groups in total. The van der Waals surface area contributed by atoms with Crippen molar-refractivity contribution >= 4 is 11.8 Å². The van der Waals surface area contributed by atoms with Gasteiger partial charge in [0.05, 0.1) is 18.6 Å². The van der Waals surface area contributed by atoms with E-state index in [0.717, 1.165) is 25.9 Å². The van der Waals surface area contributed by atoms with Crippen molar-refractivity contribution in [2.45, 2.75) is 25.4 Å². The number of rotatable bonds is 5. The molecule has 2 saturated heterocycles. The molecule has 22 heavy (non-hydrogen) atoms. The number of methoxy groups -OCH3 is 2. The lowest BCUT2D eigenvalue weighted by Gasteiger charge is -2.38. The van der Waals surface area contributed by atoms with Gasteiger partial charge in [-0.3, -0.25) is 9.59 Å². The number of amides is 2. The first kappa shape index (κ1) is 15.7. The molecule has 0 spiro atoms. The summed E-state index contributed by atoms with van der Waals surface area (Å²) in [6.07, 6.45) is 2.96. The minimum absolute atomic E-state index is 0.0742. The summed E-state index contributed by atoms with van der Waals surface area (Å²) in [6, 6.07) is 0. The van der Waals surface area contributed by atoms with E-state index in [4.69, 9.17) is 9.47 Å². The molecule has 3 aliphatic rings. The normalized spacial score (nSPS) is 34.5. The summed E-state index contributed by atoms with van der Waals surface area (Å²) in [5.74, 6) is 0.983. The highest BCUT2D eigenvalue weighted by Crippen LogP contribution is 2.39. The summed E-state index contributed by atoms with van der Waals surface area (Å²) in [5.41, 5.74) is 0. The third-order valence-corrected chi connectivity index (χ3v) is 5.46. The second-order valence-corrected chi connectivity index (χ2v) is 6.77. The Labute approximate surface area is 131 Å². The zero-order valence-electron chi connectivity index (χ0n) is 13.5. The van der Waals surface area contributed by atoms with Crippen LogP contribution in [0.4, 0.5) is 0 Å². The quantitative estimate of drug-likeness (QED) is 0.736. The summed E-state index contributed by atoms with van der Waals surface area (Å²) >= 11 is 0. The first-order chi connectivity index (χ1) is 10.6. The molecule has 1 aliphatic carbocycles. The average Bonchev–Trinajstić information content (AvgIpc) is 3.00. The maximum atomic E-state index is 12.8. The number of ether oxygens (including phenoxy) is 2. The molecule has 3 fully saturated rings. The highest BCUT2D eigenvalue weighted by Gasteiger charge is 2.45. The Morgan fingerprint density at radius 1 is 1.18 bits per heavy atom. The van der Waals surface area contributed by atoms with Gasteiger partial charge in [-0.05, 0) is 12.8 Å². The van der Waals surface area contributed by atoms with Gasteiger partial charge in [-0.25, -0.2) is 0 Å². The van der Waals surface area contributed by atoms with Crippen molar-refractivity contribution in [1.82, 2.24) is 9.80 Å². The van der Waals surface area contributed by atoms with Crippen molar-refractivity contribution in [2.75, 3.05) is 47.0 Å². The van der Waals surface area contributed by atoms with Gasteiger partial charge < -0.3 is 19.3 Å². The van der Waals surface area contributed by atoms with Gasteiger partial charge >= 0.3 is 0 Å². The van der Waals surface area contributed by atoms with Crippen LogP contribution in [-0.2, 0) is 19.1 Å². The molecular formula is C16H26N2O4. The molecule has 0 aromatic rings. The van der Waals surface area contributed by atoms with Crippen LogP contribution < -0.4 is 0 Å². The van der Waals surface area contributed by atoms with Crippen LogP contribution in [0.1, 0.15) is 19.3 Å². The van der Waals surface area contributed by atoms with Crippen molar-refractivity contribution < 1.29 is 19.1 Å². The van der Waals surface area contributed by atoms with E-state index >= 15 is 0 Å². The zero-order valence-corrected chi connectivity index (χ0v) is 13.5. The first-order valence-corrected chi connectivity index (χ1v) is 8.22. The van der Waals surface area contributed by atoms with Gasteiger partial charge in [0.2, 0.25) is 11.8 Å². The van der Waals surface area contributed by atoms with Gasteiger partial charge in [-0.2, -0.15) is 0 Å². The Kier molecular flexibility index (Phi) is 4.68. The van der Waals surface area contributed by atoms with Gasteiger partial charge in [0.15, 0.2) is 0 Å².